The van der Waals surface area contributed by atoms with Gasteiger partial charge >= 0.3 is 0 Å². The Labute approximate surface area is 173 Å². The van der Waals surface area contributed by atoms with Crippen molar-refractivity contribution in [2.75, 3.05) is 13.7 Å². The van der Waals surface area contributed by atoms with E-state index in [2.05, 4.69) is 42.4 Å². The van der Waals surface area contributed by atoms with Gasteiger partial charge < -0.3 is 9.47 Å². The average molecular weight is 492 g/mol. The van der Waals surface area contributed by atoms with Crippen molar-refractivity contribution in [1.29, 1.82) is 0 Å². The van der Waals surface area contributed by atoms with Gasteiger partial charge in [-0.1, -0.05) is 40.2 Å². The maximum absolute atomic E-state index is 12.0. The number of hydrogen-bond donors (Lipinski definition) is 1. The quantitative estimate of drug-likeness (QED) is 0.394. The summed E-state index contributed by atoms with van der Waals surface area (Å²) in [6.07, 6.45) is 1.53. The number of para-hydroxylation sites is 1. The summed E-state index contributed by atoms with van der Waals surface area (Å²) < 4.78 is 12.6. The molecule has 0 aliphatic heterocycles. The number of hydrazone groups is 1. The maximum Gasteiger partial charge on any atom is 0.277 e. The molecule has 3 rings (SSSR count). The number of halogens is 2. The van der Waals surface area contributed by atoms with Crippen LogP contribution in [0.4, 0.5) is 0 Å². The number of nitrogens with one attached hydrogen (secondary N) is 1. The normalized spacial score (nSPS) is 10.9. The monoisotopic (exact) mass is 490 g/mol. The molecule has 0 aliphatic carbocycles. The molecule has 138 valence electrons. The fourth-order valence-electron chi connectivity index (χ4n) is 2.48. The van der Waals surface area contributed by atoms with Gasteiger partial charge in [0.15, 0.2) is 6.61 Å². The van der Waals surface area contributed by atoms with Gasteiger partial charge in [-0.3, -0.25) is 4.79 Å². The van der Waals surface area contributed by atoms with Crippen molar-refractivity contribution in [3.05, 3.63) is 69.1 Å². The van der Waals surface area contributed by atoms with E-state index < -0.39 is 0 Å². The van der Waals surface area contributed by atoms with E-state index in [1.54, 1.807) is 7.11 Å². The highest BCUT2D eigenvalue weighted by Crippen LogP contribution is 2.34. The van der Waals surface area contributed by atoms with E-state index in [1.807, 2.05) is 54.6 Å². The molecule has 0 aliphatic rings. The first-order valence-electron chi connectivity index (χ1n) is 8.04. The topological polar surface area (TPSA) is 59.9 Å². The van der Waals surface area contributed by atoms with Crippen molar-refractivity contribution in [3.8, 4) is 11.5 Å². The lowest BCUT2D eigenvalue weighted by atomic mass is 10.1. The predicted octanol–water partition coefficient (Wildman–Crippen LogP) is 4.90. The first-order chi connectivity index (χ1) is 13.1. The lowest BCUT2D eigenvalue weighted by Gasteiger charge is -2.10. The lowest BCUT2D eigenvalue weighted by molar-refractivity contribution is -0.123. The fourth-order valence-corrected chi connectivity index (χ4v) is 3.46. The van der Waals surface area contributed by atoms with Gasteiger partial charge in [-0.2, -0.15) is 5.10 Å². The summed E-state index contributed by atoms with van der Waals surface area (Å²) in [6.45, 7) is -0.149. The summed E-state index contributed by atoms with van der Waals surface area (Å²) in [4.78, 5) is 12.0. The van der Waals surface area contributed by atoms with Crippen molar-refractivity contribution in [1.82, 2.24) is 5.43 Å². The van der Waals surface area contributed by atoms with Gasteiger partial charge in [-0.15, -0.1) is 0 Å². The Balaban J connectivity index is 1.61. The first-order valence-corrected chi connectivity index (χ1v) is 9.62. The molecule has 0 spiro atoms. The summed E-state index contributed by atoms with van der Waals surface area (Å²) in [7, 11) is 1.58. The van der Waals surface area contributed by atoms with Crippen LogP contribution in [0.1, 0.15) is 5.56 Å². The maximum atomic E-state index is 12.0. The second-order valence-corrected chi connectivity index (χ2v) is 7.28. The van der Waals surface area contributed by atoms with Crippen LogP contribution in [0, 0.1) is 0 Å². The third-order valence-electron chi connectivity index (χ3n) is 3.77. The van der Waals surface area contributed by atoms with Crippen molar-refractivity contribution in [2.24, 2.45) is 5.10 Å². The third-order valence-corrected chi connectivity index (χ3v) is 5.08. The Morgan fingerprint density at radius 1 is 1.11 bits per heavy atom. The van der Waals surface area contributed by atoms with Gasteiger partial charge in [-0.05, 0) is 57.0 Å². The number of methoxy groups -OCH3 is 1. The van der Waals surface area contributed by atoms with E-state index in [1.165, 1.54) is 6.21 Å². The molecule has 0 aromatic heterocycles. The molecule has 0 radical (unpaired) electrons. The minimum atomic E-state index is -0.357. The number of nitrogens with zero attached hydrogens (tertiary/aromatic N) is 1. The van der Waals surface area contributed by atoms with Crippen LogP contribution in [0.5, 0.6) is 11.5 Å². The lowest BCUT2D eigenvalue weighted by Crippen LogP contribution is -2.24. The Morgan fingerprint density at radius 2 is 1.93 bits per heavy atom. The van der Waals surface area contributed by atoms with E-state index in [-0.39, 0.29) is 12.5 Å². The Hall–Kier alpha value is -2.38. The molecule has 1 amide bonds. The number of amides is 1. The number of ether oxygens (including phenoxy) is 2. The van der Waals surface area contributed by atoms with Crippen LogP contribution in [-0.2, 0) is 4.79 Å². The Morgan fingerprint density at radius 3 is 2.74 bits per heavy atom. The molecule has 3 aromatic carbocycles. The summed E-state index contributed by atoms with van der Waals surface area (Å²) in [5.74, 6) is 0.913. The molecular weight excluding hydrogens is 476 g/mol. The molecule has 3 aromatic rings. The van der Waals surface area contributed by atoms with Crippen molar-refractivity contribution in [3.63, 3.8) is 0 Å². The van der Waals surface area contributed by atoms with Crippen LogP contribution in [0.15, 0.2) is 68.6 Å². The van der Waals surface area contributed by atoms with Crippen LogP contribution in [0.3, 0.4) is 0 Å². The van der Waals surface area contributed by atoms with E-state index in [9.17, 15) is 4.79 Å². The molecule has 0 heterocycles. The molecule has 27 heavy (non-hydrogen) atoms. The van der Waals surface area contributed by atoms with Crippen molar-refractivity contribution < 1.29 is 14.3 Å². The van der Waals surface area contributed by atoms with E-state index in [4.69, 9.17) is 9.47 Å². The second-order valence-electron chi connectivity index (χ2n) is 5.57. The van der Waals surface area contributed by atoms with Crippen LogP contribution >= 0.6 is 31.9 Å². The van der Waals surface area contributed by atoms with E-state index in [0.29, 0.717) is 11.5 Å². The van der Waals surface area contributed by atoms with Gasteiger partial charge in [0.25, 0.3) is 5.91 Å². The number of carbonyl (C=O) groups excluding carboxylic acids is 1. The van der Waals surface area contributed by atoms with Crippen molar-refractivity contribution in [2.45, 2.75) is 0 Å². The highest BCUT2D eigenvalue weighted by molar-refractivity contribution is 9.11. The highest BCUT2D eigenvalue weighted by Gasteiger charge is 2.09. The molecule has 0 saturated heterocycles. The average Bonchev–Trinajstić information content (AvgIpc) is 2.67. The number of carbonyl (C=O) groups is 1. The summed E-state index contributed by atoms with van der Waals surface area (Å²) in [5, 5.41) is 6.01. The number of rotatable bonds is 6. The molecule has 0 saturated carbocycles. The van der Waals surface area contributed by atoms with Crippen molar-refractivity contribution >= 4 is 54.8 Å². The van der Waals surface area contributed by atoms with Gasteiger partial charge in [0.05, 0.1) is 17.8 Å². The van der Waals surface area contributed by atoms with Gasteiger partial charge in [0.1, 0.15) is 11.5 Å². The molecular formula is C20H16Br2N2O3. The molecule has 0 bridgehead atoms. The number of fused-ring (bicyclic) bond motifs is 1. The fraction of sp³-hybridized carbons (Fsp3) is 0.100. The van der Waals surface area contributed by atoms with Gasteiger partial charge in [0, 0.05) is 10.0 Å². The summed E-state index contributed by atoms with van der Waals surface area (Å²) in [6, 6.07) is 17.1. The minimum Gasteiger partial charge on any atom is -0.496 e. The second kappa shape index (κ2) is 9.01. The zero-order valence-electron chi connectivity index (χ0n) is 14.4. The SMILES string of the molecule is COc1ccccc1C=NNC(=O)COc1ccc2cc(Br)ccc2c1Br. The summed E-state index contributed by atoms with van der Waals surface area (Å²) >= 11 is 6.99. The van der Waals surface area contributed by atoms with E-state index >= 15 is 0 Å². The number of hydrogen-bond acceptors (Lipinski definition) is 4. The van der Waals surface area contributed by atoms with Crippen LogP contribution in [0.2, 0.25) is 0 Å². The van der Waals surface area contributed by atoms with E-state index in [0.717, 1.165) is 25.3 Å². The largest absolute Gasteiger partial charge is 0.496 e. The van der Waals surface area contributed by atoms with Crippen LogP contribution < -0.4 is 14.9 Å². The highest BCUT2D eigenvalue weighted by atomic mass is 79.9. The molecule has 0 atom stereocenters. The Kier molecular flexibility index (Phi) is 6.47. The smallest absolute Gasteiger partial charge is 0.277 e. The predicted molar refractivity (Wildman–Crippen MR) is 114 cm³/mol. The standard InChI is InChI=1S/C20H16Br2N2O3/c1-26-17-5-3-2-4-14(17)11-23-24-19(25)12-27-18-9-6-13-10-15(21)7-8-16(13)20(18)22/h2-11H,12H2,1H3,(H,24,25). The zero-order chi connectivity index (χ0) is 19.2. The number of benzene rings is 3. The molecule has 1 N–H and O–H groups in total. The third kappa shape index (κ3) is 4.87. The molecule has 7 heteroatoms. The molecule has 0 unspecified atom stereocenters. The Bertz CT molecular complexity index is 1010. The zero-order valence-corrected chi connectivity index (χ0v) is 17.6. The van der Waals surface area contributed by atoms with Crippen LogP contribution in [0.25, 0.3) is 10.8 Å². The van der Waals surface area contributed by atoms with Crippen LogP contribution in [-0.4, -0.2) is 25.8 Å². The van der Waals surface area contributed by atoms with Gasteiger partial charge in [0.2, 0.25) is 0 Å². The first kappa shape index (κ1) is 19.4. The summed E-state index contributed by atoms with van der Waals surface area (Å²) in [5.41, 5.74) is 3.21. The molecule has 5 nitrogen and oxygen atoms in total. The minimum absolute atomic E-state index is 0.149. The van der Waals surface area contributed by atoms with Gasteiger partial charge in [-0.25, -0.2) is 5.43 Å². The molecule has 0 fully saturated rings.